The molecule has 1 saturated heterocycles. The molecule has 0 saturated carbocycles. The number of halogens is 3. The molecule has 1 N–H and O–H groups in total. The second-order valence-corrected chi connectivity index (χ2v) is 7.28. The number of benzene rings is 2. The molecule has 3 atom stereocenters. The summed E-state index contributed by atoms with van der Waals surface area (Å²) in [7, 11) is 0. The van der Waals surface area contributed by atoms with E-state index in [2.05, 4.69) is 5.48 Å². The van der Waals surface area contributed by atoms with E-state index in [0.29, 0.717) is 24.2 Å². The highest BCUT2D eigenvalue weighted by atomic mass is 35.5. The lowest BCUT2D eigenvalue weighted by Gasteiger charge is -2.30. The molecule has 1 aliphatic rings. The lowest BCUT2D eigenvalue weighted by atomic mass is 9.92. The summed E-state index contributed by atoms with van der Waals surface area (Å²) in [5, 5.41) is 0.684. The van der Waals surface area contributed by atoms with Gasteiger partial charge in [0.05, 0.1) is 6.10 Å². The Morgan fingerprint density at radius 1 is 1.18 bits per heavy atom. The molecule has 154 valence electrons. The fraction of sp³-hybridized carbons (Fsp3) is 0.429. The van der Waals surface area contributed by atoms with Crippen molar-refractivity contribution in [3.63, 3.8) is 0 Å². The van der Waals surface area contributed by atoms with Crippen LogP contribution in [0, 0.1) is 11.7 Å². The van der Waals surface area contributed by atoms with Gasteiger partial charge in [0.25, 0.3) is 0 Å². The van der Waals surface area contributed by atoms with Crippen molar-refractivity contribution in [3.8, 4) is 5.75 Å². The van der Waals surface area contributed by atoms with Gasteiger partial charge in [-0.05, 0) is 67.6 Å². The Labute approximate surface area is 176 Å². The zero-order valence-corrected chi connectivity index (χ0v) is 17.3. The maximum Gasteiger partial charge on any atom is 0.123 e. The number of nitrogens with one attached hydrogen (secondary N) is 1. The summed E-state index contributed by atoms with van der Waals surface area (Å²) in [5.74, 6) is 0.982. The summed E-state index contributed by atoms with van der Waals surface area (Å²) in [6, 6.07) is 13.8. The summed E-state index contributed by atoms with van der Waals surface area (Å²) in [5.41, 5.74) is 4.08. The maximum absolute atomic E-state index is 13.1. The van der Waals surface area contributed by atoms with E-state index < -0.39 is 0 Å². The first kappa shape index (κ1) is 22.9. The quantitative estimate of drug-likeness (QED) is 0.573. The molecule has 3 rings (SSSR count). The zero-order chi connectivity index (χ0) is 19.1. The second kappa shape index (κ2) is 11.6. The zero-order valence-electron chi connectivity index (χ0n) is 15.8. The number of ether oxygens (including phenoxy) is 2. The van der Waals surface area contributed by atoms with Gasteiger partial charge in [-0.25, -0.2) is 9.87 Å². The van der Waals surface area contributed by atoms with Gasteiger partial charge in [0, 0.05) is 18.2 Å². The van der Waals surface area contributed by atoms with E-state index in [4.69, 9.17) is 25.9 Å². The van der Waals surface area contributed by atoms with E-state index in [1.807, 2.05) is 19.1 Å². The smallest absolute Gasteiger partial charge is 0.123 e. The van der Waals surface area contributed by atoms with Crippen LogP contribution in [-0.2, 0) is 9.57 Å². The summed E-state index contributed by atoms with van der Waals surface area (Å²) in [6.45, 7) is 3.84. The largest absolute Gasteiger partial charge is 0.491 e. The van der Waals surface area contributed by atoms with Crippen LogP contribution in [-0.4, -0.2) is 25.9 Å². The highest BCUT2D eigenvalue weighted by molar-refractivity contribution is 6.30. The lowest BCUT2D eigenvalue weighted by Crippen LogP contribution is -2.33. The van der Waals surface area contributed by atoms with E-state index in [1.54, 1.807) is 24.3 Å². The minimum absolute atomic E-state index is 0. The van der Waals surface area contributed by atoms with Crippen molar-refractivity contribution in [2.24, 2.45) is 5.92 Å². The molecule has 1 heterocycles. The standard InChI is InChI=1S/C21H25ClFNO3.ClH/c1-15(14-26-20-8-4-18(22)5-9-20)27-24-13-16-10-11-25-21(12-16)17-2-6-19(23)7-3-17;/h2-9,15-16,21,24H,10-14H2,1H3;1H. The molecular formula is C21H26Cl2FNO3. The van der Waals surface area contributed by atoms with Gasteiger partial charge in [-0.2, -0.15) is 0 Å². The van der Waals surface area contributed by atoms with Gasteiger partial charge in [-0.3, -0.25) is 4.84 Å². The van der Waals surface area contributed by atoms with Crippen LogP contribution in [0.25, 0.3) is 0 Å². The van der Waals surface area contributed by atoms with Crippen LogP contribution < -0.4 is 10.2 Å². The Hall–Kier alpha value is -1.37. The summed E-state index contributed by atoms with van der Waals surface area (Å²) in [6.07, 6.45) is 1.78. The SMILES string of the molecule is CC(COc1ccc(Cl)cc1)ONCC1CCOC(c2ccc(F)cc2)C1.Cl. The Kier molecular flexibility index (Phi) is 9.48. The van der Waals surface area contributed by atoms with E-state index in [1.165, 1.54) is 12.1 Å². The van der Waals surface area contributed by atoms with Crippen LogP contribution in [0.4, 0.5) is 4.39 Å². The Bertz CT molecular complexity index is 700. The molecule has 0 spiro atoms. The van der Waals surface area contributed by atoms with Gasteiger partial charge in [0.2, 0.25) is 0 Å². The van der Waals surface area contributed by atoms with Crippen molar-refractivity contribution in [2.75, 3.05) is 19.8 Å². The molecule has 0 aliphatic carbocycles. The Morgan fingerprint density at radius 2 is 1.89 bits per heavy atom. The number of hydrogen-bond donors (Lipinski definition) is 1. The van der Waals surface area contributed by atoms with Crippen LogP contribution in [0.15, 0.2) is 48.5 Å². The second-order valence-electron chi connectivity index (χ2n) is 6.84. The van der Waals surface area contributed by atoms with Gasteiger partial charge in [0.1, 0.15) is 24.3 Å². The number of rotatable bonds is 8. The minimum atomic E-state index is -0.226. The van der Waals surface area contributed by atoms with Crippen LogP contribution in [0.3, 0.4) is 0 Å². The number of hydrogen-bond acceptors (Lipinski definition) is 4. The first-order chi connectivity index (χ1) is 13.1. The fourth-order valence-corrected chi connectivity index (χ4v) is 3.17. The summed E-state index contributed by atoms with van der Waals surface area (Å²) < 4.78 is 24.6. The molecule has 0 aromatic heterocycles. The first-order valence-electron chi connectivity index (χ1n) is 9.24. The van der Waals surface area contributed by atoms with Crippen molar-refractivity contribution >= 4 is 24.0 Å². The molecule has 1 aliphatic heterocycles. The van der Waals surface area contributed by atoms with Crippen LogP contribution >= 0.6 is 24.0 Å². The van der Waals surface area contributed by atoms with Crippen molar-refractivity contribution in [2.45, 2.75) is 32.0 Å². The van der Waals surface area contributed by atoms with Crippen LogP contribution in [0.1, 0.15) is 31.4 Å². The number of hydroxylamine groups is 1. The molecule has 0 amide bonds. The average Bonchev–Trinajstić information content (AvgIpc) is 2.68. The van der Waals surface area contributed by atoms with E-state index in [0.717, 1.165) is 30.7 Å². The maximum atomic E-state index is 13.1. The first-order valence-corrected chi connectivity index (χ1v) is 9.62. The summed E-state index contributed by atoms with van der Waals surface area (Å²) in [4.78, 5) is 5.66. The van der Waals surface area contributed by atoms with E-state index >= 15 is 0 Å². The summed E-state index contributed by atoms with van der Waals surface area (Å²) >= 11 is 5.86. The normalized spacial score (nSPS) is 20.2. The van der Waals surface area contributed by atoms with Crippen molar-refractivity contribution in [1.82, 2.24) is 5.48 Å². The van der Waals surface area contributed by atoms with E-state index in [9.17, 15) is 4.39 Å². The average molecular weight is 430 g/mol. The highest BCUT2D eigenvalue weighted by Crippen LogP contribution is 2.31. The Morgan fingerprint density at radius 3 is 2.61 bits per heavy atom. The third-order valence-electron chi connectivity index (χ3n) is 4.59. The van der Waals surface area contributed by atoms with Gasteiger partial charge in [-0.15, -0.1) is 12.4 Å². The predicted molar refractivity (Wildman–Crippen MR) is 111 cm³/mol. The molecule has 0 bridgehead atoms. The van der Waals surface area contributed by atoms with Gasteiger partial charge in [0.15, 0.2) is 0 Å². The van der Waals surface area contributed by atoms with Crippen LogP contribution in [0.5, 0.6) is 5.75 Å². The van der Waals surface area contributed by atoms with Crippen LogP contribution in [0.2, 0.25) is 5.02 Å². The molecule has 2 aromatic carbocycles. The molecule has 0 radical (unpaired) electrons. The molecule has 1 fully saturated rings. The molecule has 7 heteroatoms. The third kappa shape index (κ3) is 7.22. The predicted octanol–water partition coefficient (Wildman–Crippen LogP) is 5.36. The van der Waals surface area contributed by atoms with Crippen molar-refractivity contribution in [1.29, 1.82) is 0 Å². The molecular weight excluding hydrogens is 404 g/mol. The minimum Gasteiger partial charge on any atom is -0.491 e. The van der Waals surface area contributed by atoms with Gasteiger partial charge < -0.3 is 9.47 Å². The highest BCUT2D eigenvalue weighted by Gasteiger charge is 2.24. The third-order valence-corrected chi connectivity index (χ3v) is 4.84. The van der Waals surface area contributed by atoms with Crippen molar-refractivity contribution < 1.29 is 18.7 Å². The molecule has 28 heavy (non-hydrogen) atoms. The molecule has 3 unspecified atom stereocenters. The monoisotopic (exact) mass is 429 g/mol. The van der Waals surface area contributed by atoms with Crippen molar-refractivity contribution in [3.05, 3.63) is 64.9 Å². The fourth-order valence-electron chi connectivity index (χ4n) is 3.05. The topological polar surface area (TPSA) is 39.7 Å². The van der Waals surface area contributed by atoms with Gasteiger partial charge in [-0.1, -0.05) is 23.7 Å². The molecule has 2 aromatic rings. The van der Waals surface area contributed by atoms with Gasteiger partial charge >= 0.3 is 0 Å². The van der Waals surface area contributed by atoms with E-state index in [-0.39, 0.29) is 30.4 Å². The Balaban J connectivity index is 0.00000280. The molecule has 4 nitrogen and oxygen atoms in total. The lowest BCUT2D eigenvalue weighted by molar-refractivity contribution is -0.0588.